The number of hydrogen-bond acceptors (Lipinski definition) is 4. The van der Waals surface area contributed by atoms with Crippen LogP contribution in [0.1, 0.15) is 36.1 Å². The van der Waals surface area contributed by atoms with Crippen molar-refractivity contribution in [1.29, 1.82) is 0 Å². The van der Waals surface area contributed by atoms with Gasteiger partial charge in [0.1, 0.15) is 5.82 Å². The van der Waals surface area contributed by atoms with Crippen molar-refractivity contribution in [1.82, 2.24) is 14.7 Å². The molecular weight excluding hydrogens is 344 g/mol. The molecule has 0 radical (unpaired) electrons. The van der Waals surface area contributed by atoms with Gasteiger partial charge in [-0.25, -0.2) is 4.79 Å². The number of hydrogen-bond donors (Lipinski definition) is 1. The molecule has 1 N–H and O–H groups in total. The Morgan fingerprint density at radius 3 is 2.78 bits per heavy atom. The van der Waals surface area contributed by atoms with Crippen LogP contribution in [0, 0.1) is 6.92 Å². The highest BCUT2D eigenvalue weighted by Gasteiger charge is 2.30. The van der Waals surface area contributed by atoms with Crippen LogP contribution in [0.3, 0.4) is 0 Å². The lowest BCUT2D eigenvalue weighted by Gasteiger charge is -2.20. The zero-order valence-corrected chi connectivity index (χ0v) is 16.7. The van der Waals surface area contributed by atoms with Gasteiger partial charge in [0.2, 0.25) is 0 Å². The van der Waals surface area contributed by atoms with E-state index in [1.807, 2.05) is 37.1 Å². The maximum Gasteiger partial charge on any atom is 0.323 e. The van der Waals surface area contributed by atoms with E-state index in [-0.39, 0.29) is 11.9 Å². The normalized spacial score (nSPS) is 16.5. The number of amides is 2. The van der Waals surface area contributed by atoms with E-state index in [0.717, 1.165) is 47.0 Å². The summed E-state index contributed by atoms with van der Waals surface area (Å²) in [6, 6.07) is 5.81. The second kappa shape index (κ2) is 7.90. The number of ether oxygens (including phenoxy) is 2. The van der Waals surface area contributed by atoms with Crippen LogP contribution in [0.25, 0.3) is 0 Å². The average molecular weight is 372 g/mol. The van der Waals surface area contributed by atoms with Crippen molar-refractivity contribution in [2.24, 2.45) is 7.05 Å². The highest BCUT2D eigenvalue weighted by atomic mass is 16.5. The number of benzene rings is 1. The molecular formula is C20H28N4O3. The fourth-order valence-corrected chi connectivity index (χ4v) is 3.89. The van der Waals surface area contributed by atoms with Crippen molar-refractivity contribution in [3.05, 3.63) is 35.0 Å². The van der Waals surface area contributed by atoms with E-state index in [4.69, 9.17) is 9.47 Å². The first-order valence-electron chi connectivity index (χ1n) is 9.29. The molecule has 2 heterocycles. The summed E-state index contributed by atoms with van der Waals surface area (Å²) in [5, 5.41) is 7.47. The molecule has 1 saturated heterocycles. The number of urea groups is 1. The summed E-state index contributed by atoms with van der Waals surface area (Å²) in [5.74, 6) is 2.47. The lowest BCUT2D eigenvalue weighted by atomic mass is 9.97. The molecule has 0 aliphatic carbocycles. The summed E-state index contributed by atoms with van der Waals surface area (Å²) in [6.45, 7) is 5.39. The molecule has 0 bridgehead atoms. The van der Waals surface area contributed by atoms with Gasteiger partial charge in [-0.2, -0.15) is 5.10 Å². The Morgan fingerprint density at radius 1 is 1.33 bits per heavy atom. The maximum atomic E-state index is 12.8. The molecule has 1 atom stereocenters. The largest absolute Gasteiger partial charge is 0.493 e. The number of aryl methyl sites for hydroxylation is 2. The number of anilines is 1. The van der Waals surface area contributed by atoms with Crippen LogP contribution in [0.2, 0.25) is 0 Å². The van der Waals surface area contributed by atoms with Crippen LogP contribution in [0.4, 0.5) is 10.6 Å². The molecule has 2 amide bonds. The number of nitrogens with zero attached hydrogens (tertiary/aromatic N) is 3. The second-order valence-corrected chi connectivity index (χ2v) is 6.83. The molecule has 7 heteroatoms. The average Bonchev–Trinajstić information content (AvgIpc) is 3.26. The minimum atomic E-state index is -0.0861. The van der Waals surface area contributed by atoms with Gasteiger partial charge in [0.15, 0.2) is 11.5 Å². The summed E-state index contributed by atoms with van der Waals surface area (Å²) in [5.41, 5.74) is 3.12. The molecule has 1 aliphatic heterocycles. The fraction of sp³-hybridized carbons (Fsp3) is 0.500. The molecule has 1 aromatic carbocycles. The van der Waals surface area contributed by atoms with Crippen molar-refractivity contribution >= 4 is 11.8 Å². The van der Waals surface area contributed by atoms with Gasteiger partial charge in [-0.1, -0.05) is 19.1 Å². The Bertz CT molecular complexity index is 831. The van der Waals surface area contributed by atoms with Crippen molar-refractivity contribution < 1.29 is 14.3 Å². The SMILES string of the molecule is CCc1c(C)nn(C)c1NC(=O)N1CC[C@H](c2cccc(OC)c2OC)C1. The highest BCUT2D eigenvalue weighted by Crippen LogP contribution is 2.39. The molecule has 146 valence electrons. The molecule has 0 saturated carbocycles. The lowest BCUT2D eigenvalue weighted by Crippen LogP contribution is -2.33. The number of aromatic nitrogens is 2. The summed E-state index contributed by atoms with van der Waals surface area (Å²) in [4.78, 5) is 14.7. The third-order valence-electron chi connectivity index (χ3n) is 5.27. The third-order valence-corrected chi connectivity index (χ3v) is 5.27. The molecule has 27 heavy (non-hydrogen) atoms. The number of likely N-dealkylation sites (tertiary alicyclic amines) is 1. The summed E-state index contributed by atoms with van der Waals surface area (Å²) < 4.78 is 12.7. The fourth-order valence-electron chi connectivity index (χ4n) is 3.89. The van der Waals surface area contributed by atoms with Crippen molar-refractivity contribution in [3.8, 4) is 11.5 Å². The topological polar surface area (TPSA) is 68.6 Å². The zero-order chi connectivity index (χ0) is 19.6. The molecule has 2 aromatic rings. The van der Waals surface area contributed by atoms with Gasteiger partial charge in [0.25, 0.3) is 0 Å². The Kier molecular flexibility index (Phi) is 5.58. The van der Waals surface area contributed by atoms with Crippen LogP contribution in [-0.2, 0) is 13.5 Å². The second-order valence-electron chi connectivity index (χ2n) is 6.83. The van der Waals surface area contributed by atoms with E-state index in [2.05, 4.69) is 17.3 Å². The van der Waals surface area contributed by atoms with Gasteiger partial charge < -0.3 is 14.4 Å². The van der Waals surface area contributed by atoms with Gasteiger partial charge in [0, 0.05) is 37.2 Å². The van der Waals surface area contributed by atoms with Gasteiger partial charge in [-0.05, 0) is 25.8 Å². The molecule has 1 aliphatic rings. The van der Waals surface area contributed by atoms with Crippen LogP contribution >= 0.6 is 0 Å². The van der Waals surface area contributed by atoms with E-state index in [1.165, 1.54) is 0 Å². The van der Waals surface area contributed by atoms with E-state index >= 15 is 0 Å². The Labute approximate surface area is 160 Å². The molecule has 1 fully saturated rings. The minimum Gasteiger partial charge on any atom is -0.493 e. The van der Waals surface area contributed by atoms with Gasteiger partial charge in [-0.3, -0.25) is 10.00 Å². The molecule has 1 aromatic heterocycles. The molecule has 0 spiro atoms. The maximum absolute atomic E-state index is 12.8. The Hall–Kier alpha value is -2.70. The smallest absolute Gasteiger partial charge is 0.323 e. The zero-order valence-electron chi connectivity index (χ0n) is 16.7. The summed E-state index contributed by atoms with van der Waals surface area (Å²) in [7, 11) is 5.14. The number of para-hydroxylation sites is 1. The van der Waals surface area contributed by atoms with Crippen LogP contribution < -0.4 is 14.8 Å². The number of nitrogens with one attached hydrogen (secondary N) is 1. The Balaban J connectivity index is 1.74. The van der Waals surface area contributed by atoms with Crippen molar-refractivity contribution in [3.63, 3.8) is 0 Å². The highest BCUT2D eigenvalue weighted by molar-refractivity contribution is 5.89. The van der Waals surface area contributed by atoms with Crippen LogP contribution in [-0.4, -0.2) is 48.0 Å². The molecule has 3 rings (SSSR count). The number of carbonyl (C=O) groups excluding carboxylic acids is 1. The first-order chi connectivity index (χ1) is 13.0. The van der Waals surface area contributed by atoms with Gasteiger partial charge in [-0.15, -0.1) is 0 Å². The predicted octanol–water partition coefficient (Wildman–Crippen LogP) is 3.33. The Morgan fingerprint density at radius 2 is 2.11 bits per heavy atom. The van der Waals surface area contributed by atoms with Crippen molar-refractivity contribution in [2.75, 3.05) is 32.6 Å². The summed E-state index contributed by atoms with van der Waals surface area (Å²) >= 11 is 0. The summed E-state index contributed by atoms with van der Waals surface area (Å²) in [6.07, 6.45) is 1.72. The third kappa shape index (κ3) is 3.59. The monoisotopic (exact) mass is 372 g/mol. The van der Waals surface area contributed by atoms with E-state index in [9.17, 15) is 4.79 Å². The molecule has 0 unspecified atom stereocenters. The van der Waals surface area contributed by atoms with E-state index in [0.29, 0.717) is 13.1 Å². The number of methoxy groups -OCH3 is 2. The lowest BCUT2D eigenvalue weighted by molar-refractivity contribution is 0.221. The predicted molar refractivity (Wildman–Crippen MR) is 105 cm³/mol. The molecule has 7 nitrogen and oxygen atoms in total. The van der Waals surface area contributed by atoms with Gasteiger partial charge >= 0.3 is 6.03 Å². The van der Waals surface area contributed by atoms with Crippen LogP contribution in [0.15, 0.2) is 18.2 Å². The number of carbonyl (C=O) groups is 1. The van der Waals surface area contributed by atoms with Crippen molar-refractivity contribution in [2.45, 2.75) is 32.6 Å². The quantitative estimate of drug-likeness (QED) is 0.874. The van der Waals surface area contributed by atoms with Crippen LogP contribution in [0.5, 0.6) is 11.5 Å². The van der Waals surface area contributed by atoms with Gasteiger partial charge in [0.05, 0.1) is 19.9 Å². The van der Waals surface area contributed by atoms with E-state index < -0.39 is 0 Å². The number of rotatable bonds is 5. The first-order valence-corrected chi connectivity index (χ1v) is 9.29. The first kappa shape index (κ1) is 19.1. The standard InChI is InChI=1S/C20H28N4O3/c1-6-15-13(2)22-23(3)19(15)21-20(25)24-11-10-14(12-24)16-8-7-9-17(26-4)18(16)27-5/h7-9,14H,6,10-12H2,1-5H3,(H,21,25)/t14-/m0/s1. The van der Waals surface area contributed by atoms with E-state index in [1.54, 1.807) is 18.9 Å². The minimum absolute atomic E-state index is 0.0861.